The number of Topliss-reactive ketones (excluding diaryl/α,β-unsaturated/α-hetero) is 2. The van der Waals surface area contributed by atoms with Crippen LogP contribution in [0.4, 0.5) is 0 Å². The van der Waals surface area contributed by atoms with Gasteiger partial charge in [-0.1, -0.05) is 37.3 Å². The standard InChI is InChI=1S/C28H28N2O3/c1-28-8-6-17-12-21-23(31)10-16(14-29-2)11-25(21)33-27(17)22(28)13-24(32)26(28)20-5-3-4-18-15-30-9-7-19(18)20/h3-9,12,15-16,22,26-27,29H,10-11,13-14H2,1-2H3/t16?,22-,26-,27+,28-/m0/s1. The number of fused-ring (bicyclic) bond motifs is 4. The lowest BCUT2D eigenvalue weighted by atomic mass is 9.64. The summed E-state index contributed by atoms with van der Waals surface area (Å²) in [7, 11) is 1.92. The number of allylic oxidation sites excluding steroid dienone is 4. The van der Waals surface area contributed by atoms with Gasteiger partial charge in [-0.25, -0.2) is 0 Å². The summed E-state index contributed by atoms with van der Waals surface area (Å²) in [6.07, 6.45) is 11.6. The van der Waals surface area contributed by atoms with E-state index in [1.165, 1.54) is 0 Å². The van der Waals surface area contributed by atoms with Crippen LogP contribution in [-0.4, -0.2) is 36.2 Å². The minimum Gasteiger partial charge on any atom is -0.489 e. The molecule has 2 aromatic rings. The molecule has 1 unspecified atom stereocenters. The van der Waals surface area contributed by atoms with Crippen molar-refractivity contribution in [3.8, 4) is 0 Å². The normalized spacial score (nSPS) is 32.8. The molecule has 1 fully saturated rings. The van der Waals surface area contributed by atoms with E-state index in [9.17, 15) is 9.59 Å². The summed E-state index contributed by atoms with van der Waals surface area (Å²) in [5, 5.41) is 5.33. The molecule has 0 radical (unpaired) electrons. The molecule has 6 rings (SSSR count). The lowest BCUT2D eigenvalue weighted by Crippen LogP contribution is -2.41. The predicted octanol–water partition coefficient (Wildman–Crippen LogP) is 4.26. The van der Waals surface area contributed by atoms with Gasteiger partial charge < -0.3 is 10.1 Å². The third-order valence-electron chi connectivity index (χ3n) is 8.14. The van der Waals surface area contributed by atoms with Crippen molar-refractivity contribution in [1.82, 2.24) is 10.3 Å². The van der Waals surface area contributed by atoms with Crippen LogP contribution >= 0.6 is 0 Å². The van der Waals surface area contributed by atoms with Crippen LogP contribution in [0, 0.1) is 17.3 Å². The Hall–Kier alpha value is -3.05. The Morgan fingerprint density at radius 2 is 2.06 bits per heavy atom. The molecule has 1 saturated carbocycles. The molecule has 5 nitrogen and oxygen atoms in total. The molecule has 0 amide bonds. The Labute approximate surface area is 193 Å². The van der Waals surface area contributed by atoms with Crippen LogP contribution in [0.1, 0.15) is 37.7 Å². The summed E-state index contributed by atoms with van der Waals surface area (Å²) < 4.78 is 6.59. The van der Waals surface area contributed by atoms with Crippen molar-refractivity contribution in [1.29, 1.82) is 0 Å². The van der Waals surface area contributed by atoms with Gasteiger partial charge in [0.2, 0.25) is 0 Å². The van der Waals surface area contributed by atoms with E-state index in [0.717, 1.165) is 46.2 Å². The van der Waals surface area contributed by atoms with Crippen LogP contribution in [-0.2, 0) is 14.3 Å². The number of benzene rings is 1. The van der Waals surface area contributed by atoms with Crippen molar-refractivity contribution in [2.45, 2.75) is 38.2 Å². The highest BCUT2D eigenvalue weighted by molar-refractivity contribution is 6.00. The van der Waals surface area contributed by atoms with Gasteiger partial charge in [0.25, 0.3) is 0 Å². The molecule has 2 heterocycles. The number of ketones is 2. The van der Waals surface area contributed by atoms with Crippen molar-refractivity contribution >= 4 is 22.3 Å². The number of carbonyl (C=O) groups is 2. The van der Waals surface area contributed by atoms with Crippen LogP contribution in [0.2, 0.25) is 0 Å². The average molecular weight is 441 g/mol. The third kappa shape index (κ3) is 3.06. The fourth-order valence-electron chi connectivity index (χ4n) is 6.56. The number of rotatable bonds is 3. The van der Waals surface area contributed by atoms with Crippen LogP contribution in [0.5, 0.6) is 0 Å². The largest absolute Gasteiger partial charge is 0.489 e. The Morgan fingerprint density at radius 3 is 2.91 bits per heavy atom. The van der Waals surface area contributed by atoms with Gasteiger partial charge in [-0.3, -0.25) is 14.6 Å². The van der Waals surface area contributed by atoms with Gasteiger partial charge in [-0.15, -0.1) is 0 Å². The highest BCUT2D eigenvalue weighted by Crippen LogP contribution is 2.58. The Morgan fingerprint density at radius 1 is 1.18 bits per heavy atom. The number of ether oxygens (including phenoxy) is 1. The fourth-order valence-corrected chi connectivity index (χ4v) is 6.56. The molecule has 1 aliphatic heterocycles. The van der Waals surface area contributed by atoms with E-state index in [-0.39, 0.29) is 40.8 Å². The topological polar surface area (TPSA) is 68.3 Å². The van der Waals surface area contributed by atoms with Crippen LogP contribution in [0.3, 0.4) is 0 Å². The molecule has 1 aromatic carbocycles. The van der Waals surface area contributed by atoms with Crippen LogP contribution in [0.15, 0.2) is 71.8 Å². The molecule has 0 spiro atoms. The highest BCUT2D eigenvalue weighted by atomic mass is 16.5. The summed E-state index contributed by atoms with van der Waals surface area (Å²) in [5.41, 5.74) is 2.47. The summed E-state index contributed by atoms with van der Waals surface area (Å²) in [5.74, 6) is 1.30. The first-order valence-corrected chi connectivity index (χ1v) is 11.8. The van der Waals surface area contributed by atoms with Gasteiger partial charge in [-0.05, 0) is 48.2 Å². The second-order valence-corrected chi connectivity index (χ2v) is 10.1. The SMILES string of the molecule is CNCC1CC(=O)C2=C(C1)O[C@@H]1C(=C2)C=C[C@]2(C)[C@@H](c3cccc4cnccc34)C(=O)C[C@@H]12. The monoisotopic (exact) mass is 440 g/mol. The lowest BCUT2D eigenvalue weighted by molar-refractivity contribution is -0.120. The first-order valence-electron chi connectivity index (χ1n) is 11.8. The highest BCUT2D eigenvalue weighted by Gasteiger charge is 2.57. The van der Waals surface area contributed by atoms with E-state index in [1.54, 1.807) is 6.20 Å². The molecule has 168 valence electrons. The molecular weight excluding hydrogens is 412 g/mol. The first-order chi connectivity index (χ1) is 16.0. The molecule has 4 aliphatic rings. The van der Waals surface area contributed by atoms with E-state index in [1.807, 2.05) is 37.5 Å². The molecule has 33 heavy (non-hydrogen) atoms. The molecule has 1 aromatic heterocycles. The number of hydrogen-bond donors (Lipinski definition) is 1. The van der Waals surface area contributed by atoms with Gasteiger partial charge in [0.15, 0.2) is 5.78 Å². The van der Waals surface area contributed by atoms with Gasteiger partial charge in [0, 0.05) is 48.4 Å². The second-order valence-electron chi connectivity index (χ2n) is 10.1. The zero-order chi connectivity index (χ0) is 22.7. The van der Waals surface area contributed by atoms with Gasteiger partial charge in [0.05, 0.1) is 11.5 Å². The Kier molecular flexibility index (Phi) is 4.66. The molecule has 5 heteroatoms. The van der Waals surface area contributed by atoms with Crippen LogP contribution < -0.4 is 5.32 Å². The summed E-state index contributed by atoms with van der Waals surface area (Å²) in [4.78, 5) is 30.6. The molecule has 1 N–H and O–H groups in total. The number of nitrogens with zero attached hydrogens (tertiary/aromatic N) is 1. The quantitative estimate of drug-likeness (QED) is 0.772. The zero-order valence-corrected chi connectivity index (χ0v) is 19.0. The number of pyridine rings is 1. The van der Waals surface area contributed by atoms with Gasteiger partial charge >= 0.3 is 0 Å². The first kappa shape index (κ1) is 20.5. The van der Waals surface area contributed by atoms with E-state index < -0.39 is 0 Å². The van der Waals surface area contributed by atoms with Crippen LogP contribution in [0.25, 0.3) is 10.8 Å². The number of hydrogen-bond acceptors (Lipinski definition) is 5. The lowest BCUT2D eigenvalue weighted by Gasteiger charge is -2.44. The third-order valence-corrected chi connectivity index (χ3v) is 8.14. The van der Waals surface area contributed by atoms with Crippen molar-refractivity contribution in [3.05, 3.63) is 77.4 Å². The minimum absolute atomic E-state index is 0.0390. The predicted molar refractivity (Wildman–Crippen MR) is 126 cm³/mol. The van der Waals surface area contributed by atoms with Crippen molar-refractivity contribution < 1.29 is 14.3 Å². The van der Waals surface area contributed by atoms with Gasteiger partial charge in [0.1, 0.15) is 17.6 Å². The van der Waals surface area contributed by atoms with E-state index >= 15 is 0 Å². The van der Waals surface area contributed by atoms with Crippen molar-refractivity contribution in [3.63, 3.8) is 0 Å². The fraction of sp³-hybridized carbons (Fsp3) is 0.393. The summed E-state index contributed by atoms with van der Waals surface area (Å²) >= 11 is 0. The number of carbonyl (C=O) groups excluding carboxylic acids is 2. The Balaban J connectivity index is 1.40. The average Bonchev–Trinajstić information content (AvgIpc) is 3.08. The second kappa shape index (κ2) is 7.49. The van der Waals surface area contributed by atoms with Gasteiger partial charge in [-0.2, -0.15) is 0 Å². The van der Waals surface area contributed by atoms with E-state index in [2.05, 4.69) is 35.4 Å². The minimum atomic E-state index is -0.349. The smallest absolute Gasteiger partial charge is 0.166 e. The Bertz CT molecular complexity index is 1270. The summed E-state index contributed by atoms with van der Waals surface area (Å²) in [6, 6.07) is 8.16. The molecule has 3 aliphatic carbocycles. The summed E-state index contributed by atoms with van der Waals surface area (Å²) in [6.45, 7) is 2.99. The molecule has 0 bridgehead atoms. The maximum Gasteiger partial charge on any atom is 0.166 e. The number of aromatic nitrogens is 1. The van der Waals surface area contributed by atoms with E-state index in [4.69, 9.17) is 4.74 Å². The molecular formula is C28H28N2O3. The molecule has 0 saturated heterocycles. The van der Waals surface area contributed by atoms with E-state index in [0.29, 0.717) is 12.8 Å². The van der Waals surface area contributed by atoms with Crippen molar-refractivity contribution in [2.75, 3.05) is 13.6 Å². The van der Waals surface area contributed by atoms with Crippen molar-refractivity contribution in [2.24, 2.45) is 17.3 Å². The molecule has 5 atom stereocenters. The number of nitrogens with one attached hydrogen (secondary N) is 1. The maximum absolute atomic E-state index is 13.5. The maximum atomic E-state index is 13.5. The zero-order valence-electron chi connectivity index (χ0n) is 19.0.